The third-order valence-corrected chi connectivity index (χ3v) is 4.33. The Bertz CT molecular complexity index is 378. The number of hydrogen-bond acceptors (Lipinski definition) is 3. The first-order valence-corrected chi connectivity index (χ1v) is 9.63. The summed E-state index contributed by atoms with van der Waals surface area (Å²) < 4.78 is 0. The fourth-order valence-corrected chi connectivity index (χ4v) is 3.11. The molecule has 0 aliphatic carbocycles. The smallest absolute Gasteiger partial charge is 0.219 e. The Morgan fingerprint density at radius 2 is 1.56 bits per heavy atom. The average molecular weight is 467 g/mol. The molecule has 0 spiro atoms. The fourth-order valence-electron chi connectivity index (χ4n) is 3.11. The van der Waals surface area contributed by atoms with E-state index in [1.54, 1.807) is 6.92 Å². The van der Waals surface area contributed by atoms with E-state index in [-0.39, 0.29) is 29.9 Å². The molecule has 1 aliphatic rings. The number of nitrogens with one attached hydrogen (secondary N) is 1. The Labute approximate surface area is 171 Å². The van der Waals surface area contributed by atoms with E-state index in [2.05, 4.69) is 35.9 Å². The van der Waals surface area contributed by atoms with Crippen LogP contribution in [0.4, 0.5) is 0 Å². The van der Waals surface area contributed by atoms with Gasteiger partial charge in [0, 0.05) is 46.2 Å². The van der Waals surface area contributed by atoms with Crippen molar-refractivity contribution in [2.45, 2.75) is 47.0 Å². The second kappa shape index (κ2) is 14.6. The Morgan fingerprint density at radius 3 is 2.04 bits per heavy atom. The van der Waals surface area contributed by atoms with Crippen molar-refractivity contribution < 1.29 is 4.79 Å². The maximum atomic E-state index is 11.4. The molecular formula is C18H38IN5O. The quantitative estimate of drug-likeness (QED) is 0.245. The monoisotopic (exact) mass is 467 g/mol. The van der Waals surface area contributed by atoms with Gasteiger partial charge in [-0.1, -0.05) is 13.8 Å². The molecule has 0 bridgehead atoms. The third-order valence-electron chi connectivity index (χ3n) is 4.33. The lowest BCUT2D eigenvalue weighted by molar-refractivity contribution is -0.130. The molecule has 1 aliphatic heterocycles. The minimum atomic E-state index is 0. The predicted molar refractivity (Wildman–Crippen MR) is 117 cm³/mol. The minimum absolute atomic E-state index is 0. The molecule has 6 nitrogen and oxygen atoms in total. The summed E-state index contributed by atoms with van der Waals surface area (Å²) in [4.78, 5) is 23.0. The fraction of sp³-hybridized carbons (Fsp3) is 0.889. The molecule has 7 heteroatoms. The summed E-state index contributed by atoms with van der Waals surface area (Å²) in [5, 5.41) is 3.39. The van der Waals surface area contributed by atoms with Crippen LogP contribution in [0, 0.1) is 0 Å². The van der Waals surface area contributed by atoms with Gasteiger partial charge in [-0.25, -0.2) is 0 Å². The summed E-state index contributed by atoms with van der Waals surface area (Å²) in [5.41, 5.74) is 0. The number of guanidine groups is 1. The van der Waals surface area contributed by atoms with E-state index < -0.39 is 0 Å². The SMILES string of the molecule is CCCN(CCC)CCCN=C(NCC)N1CCN(C(C)=O)CC1.I. The summed E-state index contributed by atoms with van der Waals surface area (Å²) in [6.07, 6.45) is 3.53. The first-order chi connectivity index (χ1) is 11.6. The number of hydrogen-bond donors (Lipinski definition) is 1. The molecule has 1 amide bonds. The van der Waals surface area contributed by atoms with Gasteiger partial charge in [-0.3, -0.25) is 9.79 Å². The molecule has 1 heterocycles. The van der Waals surface area contributed by atoms with Crippen molar-refractivity contribution in [1.29, 1.82) is 0 Å². The van der Waals surface area contributed by atoms with Gasteiger partial charge in [-0.15, -0.1) is 24.0 Å². The second-order valence-corrected chi connectivity index (χ2v) is 6.42. The van der Waals surface area contributed by atoms with Crippen LogP contribution < -0.4 is 5.32 Å². The second-order valence-electron chi connectivity index (χ2n) is 6.42. The molecule has 0 aromatic heterocycles. The molecule has 25 heavy (non-hydrogen) atoms. The Morgan fingerprint density at radius 1 is 1.00 bits per heavy atom. The topological polar surface area (TPSA) is 51.2 Å². The van der Waals surface area contributed by atoms with Gasteiger partial charge < -0.3 is 20.0 Å². The first kappa shape index (κ1) is 24.4. The van der Waals surface area contributed by atoms with Crippen LogP contribution in [0.2, 0.25) is 0 Å². The lowest BCUT2D eigenvalue weighted by atomic mass is 10.3. The summed E-state index contributed by atoms with van der Waals surface area (Å²) in [7, 11) is 0. The van der Waals surface area contributed by atoms with Gasteiger partial charge >= 0.3 is 0 Å². The Kier molecular flexibility index (Phi) is 14.3. The zero-order chi connectivity index (χ0) is 17.8. The highest BCUT2D eigenvalue weighted by molar-refractivity contribution is 14.0. The molecule has 0 aromatic rings. The van der Waals surface area contributed by atoms with Crippen molar-refractivity contribution in [3.8, 4) is 0 Å². The number of halogens is 1. The molecule has 0 atom stereocenters. The van der Waals surface area contributed by atoms with Crippen molar-refractivity contribution in [3.05, 3.63) is 0 Å². The maximum Gasteiger partial charge on any atom is 0.219 e. The molecule has 0 radical (unpaired) electrons. The van der Waals surface area contributed by atoms with E-state index in [4.69, 9.17) is 4.99 Å². The highest BCUT2D eigenvalue weighted by atomic mass is 127. The number of rotatable bonds is 9. The summed E-state index contributed by atoms with van der Waals surface area (Å²) in [6, 6.07) is 0. The van der Waals surface area contributed by atoms with Gasteiger partial charge in [-0.05, 0) is 45.8 Å². The number of carbonyl (C=O) groups excluding carboxylic acids is 1. The van der Waals surface area contributed by atoms with E-state index in [0.29, 0.717) is 0 Å². The molecule has 1 rings (SSSR count). The predicted octanol–water partition coefficient (Wildman–Crippen LogP) is 2.25. The Hall–Kier alpha value is -0.570. The number of amides is 1. The van der Waals surface area contributed by atoms with Crippen LogP contribution in [-0.4, -0.2) is 85.5 Å². The van der Waals surface area contributed by atoms with Crippen LogP contribution in [0.1, 0.15) is 47.0 Å². The lowest BCUT2D eigenvalue weighted by Gasteiger charge is -2.36. The molecule has 0 saturated carbocycles. The van der Waals surface area contributed by atoms with Crippen LogP contribution in [0.5, 0.6) is 0 Å². The maximum absolute atomic E-state index is 11.4. The number of piperazine rings is 1. The van der Waals surface area contributed by atoms with Crippen molar-refractivity contribution >= 4 is 35.8 Å². The van der Waals surface area contributed by atoms with Gasteiger partial charge in [0.15, 0.2) is 5.96 Å². The van der Waals surface area contributed by atoms with Crippen LogP contribution >= 0.6 is 24.0 Å². The molecular weight excluding hydrogens is 429 g/mol. The highest BCUT2D eigenvalue weighted by Crippen LogP contribution is 2.03. The van der Waals surface area contributed by atoms with Crippen molar-refractivity contribution in [1.82, 2.24) is 20.0 Å². The van der Waals surface area contributed by atoms with E-state index in [1.807, 2.05) is 4.90 Å². The number of carbonyl (C=O) groups is 1. The molecule has 0 aromatic carbocycles. The number of aliphatic imine (C=N–C) groups is 1. The standard InChI is InChI=1S/C18H37N5O.HI/c1-5-10-21(11-6-2)12-8-9-20-18(19-7-3)23-15-13-22(14-16-23)17(4)24;/h5-16H2,1-4H3,(H,19,20);1H. The van der Waals surface area contributed by atoms with Crippen molar-refractivity contribution in [2.24, 2.45) is 4.99 Å². The van der Waals surface area contributed by atoms with Crippen LogP contribution in [0.3, 0.4) is 0 Å². The van der Waals surface area contributed by atoms with Crippen LogP contribution in [0.25, 0.3) is 0 Å². The Balaban J connectivity index is 0.00000576. The number of nitrogens with zero attached hydrogens (tertiary/aromatic N) is 4. The summed E-state index contributed by atoms with van der Waals surface area (Å²) in [5.74, 6) is 1.17. The van der Waals surface area contributed by atoms with E-state index >= 15 is 0 Å². The first-order valence-electron chi connectivity index (χ1n) is 9.63. The molecule has 0 unspecified atom stereocenters. The zero-order valence-electron chi connectivity index (χ0n) is 16.6. The normalized spacial score (nSPS) is 15.3. The summed E-state index contributed by atoms with van der Waals surface area (Å²) in [6.45, 7) is 16.8. The third kappa shape index (κ3) is 9.63. The van der Waals surface area contributed by atoms with E-state index in [9.17, 15) is 4.79 Å². The highest BCUT2D eigenvalue weighted by Gasteiger charge is 2.20. The van der Waals surface area contributed by atoms with Crippen LogP contribution in [0.15, 0.2) is 4.99 Å². The van der Waals surface area contributed by atoms with Gasteiger partial charge in [-0.2, -0.15) is 0 Å². The summed E-state index contributed by atoms with van der Waals surface area (Å²) >= 11 is 0. The van der Waals surface area contributed by atoms with Crippen molar-refractivity contribution in [3.63, 3.8) is 0 Å². The van der Waals surface area contributed by atoms with Gasteiger partial charge in [0.2, 0.25) is 5.91 Å². The molecule has 1 fully saturated rings. The van der Waals surface area contributed by atoms with Crippen LogP contribution in [-0.2, 0) is 4.79 Å². The van der Waals surface area contributed by atoms with E-state index in [1.165, 1.54) is 25.9 Å². The zero-order valence-corrected chi connectivity index (χ0v) is 18.9. The molecule has 148 valence electrons. The molecule has 1 saturated heterocycles. The molecule has 1 N–H and O–H groups in total. The minimum Gasteiger partial charge on any atom is -0.357 e. The lowest BCUT2D eigenvalue weighted by Crippen LogP contribution is -2.53. The van der Waals surface area contributed by atoms with Gasteiger partial charge in [0.1, 0.15) is 0 Å². The average Bonchev–Trinajstić information content (AvgIpc) is 2.58. The van der Waals surface area contributed by atoms with Crippen molar-refractivity contribution in [2.75, 3.05) is 58.9 Å². The largest absolute Gasteiger partial charge is 0.357 e. The van der Waals surface area contributed by atoms with Gasteiger partial charge in [0.25, 0.3) is 0 Å². The van der Waals surface area contributed by atoms with E-state index in [0.717, 1.165) is 58.2 Å². The van der Waals surface area contributed by atoms with Gasteiger partial charge in [0.05, 0.1) is 0 Å².